The molecule has 0 spiro atoms. The summed E-state index contributed by atoms with van der Waals surface area (Å²) in [6.07, 6.45) is 5.00. The van der Waals surface area contributed by atoms with Crippen molar-refractivity contribution in [2.75, 3.05) is 0 Å². The second-order valence-electron chi connectivity index (χ2n) is 2.46. The second kappa shape index (κ2) is 6.09. The van der Waals surface area contributed by atoms with Crippen LogP contribution in [0.1, 0.15) is 50.0 Å². The molecule has 0 saturated heterocycles. The maximum absolute atomic E-state index is 7.03. The average Bonchev–Trinajstić information content (AvgIpc) is 1.96. The van der Waals surface area contributed by atoms with E-state index >= 15 is 0 Å². The van der Waals surface area contributed by atoms with Gasteiger partial charge in [-0.15, -0.1) is 0 Å². The number of unbranched alkanes of at least 4 members (excludes halogenated alkanes) is 3. The summed E-state index contributed by atoms with van der Waals surface area (Å²) in [5, 5.41) is 0. The van der Waals surface area contributed by atoms with Crippen molar-refractivity contribution in [3.8, 4) is 0 Å². The van der Waals surface area contributed by atoms with Crippen LogP contribution in [0, 0.1) is 0 Å². The van der Waals surface area contributed by atoms with Crippen LogP contribution in [0.3, 0.4) is 0 Å². The minimum Gasteiger partial charge on any atom is -0.328 e. The van der Waals surface area contributed by atoms with Crippen molar-refractivity contribution in [3.63, 3.8) is 0 Å². The van der Waals surface area contributed by atoms with Gasteiger partial charge in [0.25, 0.3) is 0 Å². The van der Waals surface area contributed by atoms with Gasteiger partial charge in [-0.05, 0) is 13.3 Å². The Morgan fingerprint density at radius 2 is 2.22 bits per heavy atom. The summed E-state index contributed by atoms with van der Waals surface area (Å²) in [7, 11) is 0. The summed E-state index contributed by atoms with van der Waals surface area (Å²) < 4.78 is 21.1. The summed E-state index contributed by atoms with van der Waals surface area (Å²) in [4.78, 5) is 0. The fourth-order valence-corrected chi connectivity index (χ4v) is 0.791. The van der Waals surface area contributed by atoms with E-state index in [-0.39, 0.29) is 0 Å². The van der Waals surface area contributed by atoms with E-state index in [1.807, 2.05) is 0 Å². The van der Waals surface area contributed by atoms with Crippen molar-refractivity contribution in [3.05, 3.63) is 0 Å². The predicted octanol–water partition coefficient (Wildman–Crippen LogP) is 2.30. The van der Waals surface area contributed by atoms with Gasteiger partial charge in [-0.1, -0.05) is 32.6 Å². The highest BCUT2D eigenvalue weighted by atomic mass is 14.6. The van der Waals surface area contributed by atoms with Crippen LogP contribution in [0.5, 0.6) is 0 Å². The Morgan fingerprint density at radius 1 is 1.44 bits per heavy atom. The Labute approximate surface area is 62.8 Å². The highest BCUT2D eigenvalue weighted by molar-refractivity contribution is 4.52. The molecular formula is C8H19N. The third-order valence-electron chi connectivity index (χ3n) is 1.37. The van der Waals surface area contributed by atoms with Crippen LogP contribution in [0.2, 0.25) is 0 Å². The SMILES string of the molecule is [2H]C([2H])([2H])C(N)CCCCCC. The van der Waals surface area contributed by atoms with Gasteiger partial charge in [-0.3, -0.25) is 0 Å². The van der Waals surface area contributed by atoms with E-state index in [0.717, 1.165) is 12.8 Å². The fraction of sp³-hybridized carbons (Fsp3) is 1.00. The average molecular weight is 132 g/mol. The molecule has 0 aromatic carbocycles. The Balaban J connectivity index is 3.38. The Morgan fingerprint density at radius 3 is 2.78 bits per heavy atom. The molecule has 0 rings (SSSR count). The zero-order valence-electron chi connectivity index (χ0n) is 9.19. The number of rotatable bonds is 5. The topological polar surface area (TPSA) is 26.0 Å². The lowest BCUT2D eigenvalue weighted by Gasteiger charge is -2.02. The first-order chi connectivity index (χ1) is 5.48. The standard InChI is InChI=1S/C8H19N/c1-3-4-5-6-7-8(2)9/h8H,3-7,9H2,1-2H3/i2D3. The molecule has 1 atom stereocenters. The number of hydrogen-bond donors (Lipinski definition) is 1. The molecular weight excluding hydrogens is 110 g/mol. The van der Waals surface area contributed by atoms with Gasteiger partial charge in [-0.25, -0.2) is 0 Å². The molecule has 0 aliphatic carbocycles. The van der Waals surface area contributed by atoms with Gasteiger partial charge in [0.2, 0.25) is 0 Å². The molecule has 0 aromatic heterocycles. The van der Waals surface area contributed by atoms with Crippen molar-refractivity contribution >= 4 is 0 Å². The summed E-state index contributed by atoms with van der Waals surface area (Å²) in [6, 6.07) is -0.630. The van der Waals surface area contributed by atoms with Gasteiger partial charge in [0.15, 0.2) is 0 Å². The molecule has 0 fully saturated rings. The van der Waals surface area contributed by atoms with E-state index < -0.39 is 12.9 Å². The molecule has 0 heterocycles. The lowest BCUT2D eigenvalue weighted by Crippen LogP contribution is -2.13. The maximum Gasteiger partial charge on any atom is 0.0246 e. The minimum absolute atomic E-state index is 0.622. The Bertz CT molecular complexity index is 111. The highest BCUT2D eigenvalue weighted by Crippen LogP contribution is 2.03. The Hall–Kier alpha value is -0.0400. The van der Waals surface area contributed by atoms with Gasteiger partial charge in [0, 0.05) is 10.2 Å². The molecule has 9 heavy (non-hydrogen) atoms. The molecule has 1 unspecified atom stereocenters. The summed E-state index contributed by atoms with van der Waals surface area (Å²) in [6.45, 7) is 0.163. The summed E-state index contributed by atoms with van der Waals surface area (Å²) in [5.74, 6) is 0. The Kier molecular flexibility index (Phi) is 3.20. The van der Waals surface area contributed by atoms with Crippen LogP contribution in [0.4, 0.5) is 0 Å². The van der Waals surface area contributed by atoms with E-state index in [9.17, 15) is 0 Å². The van der Waals surface area contributed by atoms with Crippen LogP contribution in [-0.4, -0.2) is 6.04 Å². The molecule has 0 radical (unpaired) electrons. The van der Waals surface area contributed by atoms with Crippen LogP contribution in [0.25, 0.3) is 0 Å². The number of hydrogen-bond acceptors (Lipinski definition) is 1. The normalized spacial score (nSPS) is 20.0. The zero-order valence-corrected chi connectivity index (χ0v) is 6.19. The van der Waals surface area contributed by atoms with Crippen LogP contribution in [-0.2, 0) is 0 Å². The van der Waals surface area contributed by atoms with Gasteiger partial charge >= 0.3 is 0 Å². The van der Waals surface area contributed by atoms with Gasteiger partial charge < -0.3 is 5.73 Å². The maximum atomic E-state index is 7.03. The molecule has 1 heteroatoms. The highest BCUT2D eigenvalue weighted by Gasteiger charge is 1.91. The van der Waals surface area contributed by atoms with Crippen molar-refractivity contribution in [1.82, 2.24) is 0 Å². The fourth-order valence-electron chi connectivity index (χ4n) is 0.791. The molecule has 0 aliphatic heterocycles. The molecule has 0 aliphatic rings. The second-order valence-corrected chi connectivity index (χ2v) is 2.46. The lowest BCUT2D eigenvalue weighted by atomic mass is 10.1. The van der Waals surface area contributed by atoms with E-state index in [1.165, 1.54) is 12.8 Å². The van der Waals surface area contributed by atoms with Crippen LogP contribution < -0.4 is 5.73 Å². The quantitative estimate of drug-likeness (QED) is 0.571. The van der Waals surface area contributed by atoms with Crippen molar-refractivity contribution in [1.29, 1.82) is 0 Å². The smallest absolute Gasteiger partial charge is 0.0246 e. The van der Waals surface area contributed by atoms with Crippen molar-refractivity contribution < 1.29 is 4.11 Å². The molecule has 1 nitrogen and oxygen atoms in total. The monoisotopic (exact) mass is 132 g/mol. The van der Waals surface area contributed by atoms with E-state index in [1.54, 1.807) is 0 Å². The molecule has 0 amide bonds. The molecule has 2 N–H and O–H groups in total. The molecule has 56 valence electrons. The van der Waals surface area contributed by atoms with E-state index in [4.69, 9.17) is 9.85 Å². The van der Waals surface area contributed by atoms with Gasteiger partial charge in [0.05, 0.1) is 0 Å². The van der Waals surface area contributed by atoms with E-state index in [2.05, 4.69) is 6.92 Å². The van der Waals surface area contributed by atoms with Crippen LogP contribution >= 0.6 is 0 Å². The largest absolute Gasteiger partial charge is 0.328 e. The third kappa shape index (κ3) is 7.96. The number of nitrogens with two attached hydrogens (primary N) is 1. The summed E-state index contributed by atoms with van der Waals surface area (Å²) in [5.41, 5.74) is 5.47. The molecule has 0 saturated carbocycles. The first-order valence-corrected chi connectivity index (χ1v) is 3.74. The van der Waals surface area contributed by atoms with Gasteiger partial charge in [0.1, 0.15) is 0 Å². The first kappa shape index (κ1) is 4.73. The zero-order chi connectivity index (χ0) is 9.61. The molecule has 0 aromatic rings. The minimum atomic E-state index is -1.97. The summed E-state index contributed by atoms with van der Waals surface area (Å²) >= 11 is 0. The predicted molar refractivity (Wildman–Crippen MR) is 42.4 cm³/mol. The van der Waals surface area contributed by atoms with E-state index in [0.29, 0.717) is 6.42 Å². The van der Waals surface area contributed by atoms with Crippen molar-refractivity contribution in [2.45, 2.75) is 51.9 Å². The first-order valence-electron chi connectivity index (χ1n) is 5.24. The lowest BCUT2D eigenvalue weighted by molar-refractivity contribution is 0.575. The van der Waals surface area contributed by atoms with Crippen molar-refractivity contribution in [2.24, 2.45) is 5.73 Å². The molecule has 0 bridgehead atoms. The third-order valence-corrected chi connectivity index (χ3v) is 1.37. The van der Waals surface area contributed by atoms with Crippen LogP contribution in [0.15, 0.2) is 0 Å². The van der Waals surface area contributed by atoms with Gasteiger partial charge in [-0.2, -0.15) is 0 Å².